The first-order valence-corrected chi connectivity index (χ1v) is 7.38. The summed E-state index contributed by atoms with van der Waals surface area (Å²) in [6.45, 7) is 0. The Hall–Kier alpha value is -1.59. The Morgan fingerprint density at radius 2 is 1.80 bits per heavy atom. The van der Waals surface area contributed by atoms with Crippen LogP contribution in [-0.4, -0.2) is 5.97 Å². The summed E-state index contributed by atoms with van der Waals surface area (Å²) in [6, 6.07) is 14.7. The van der Waals surface area contributed by atoms with Gasteiger partial charge in [-0.05, 0) is 60.8 Å². The van der Waals surface area contributed by atoms with E-state index in [4.69, 9.17) is 9.15 Å². The zero-order valence-electron chi connectivity index (χ0n) is 10.1. The fourth-order valence-electron chi connectivity index (χ4n) is 1.87. The molecular formula is C15H8Br2O3. The first kappa shape index (κ1) is 13.4. The summed E-state index contributed by atoms with van der Waals surface area (Å²) in [5.74, 6) is 0.0739. The lowest BCUT2D eigenvalue weighted by atomic mass is 10.1. The molecule has 0 aliphatic heterocycles. The van der Waals surface area contributed by atoms with Gasteiger partial charge >= 0.3 is 5.97 Å². The Kier molecular flexibility index (Phi) is 3.63. The second-order valence-corrected chi connectivity index (χ2v) is 5.67. The fourth-order valence-corrected chi connectivity index (χ4v) is 2.75. The van der Waals surface area contributed by atoms with Crippen LogP contribution in [0, 0.1) is 0 Å². The number of ether oxygens (including phenoxy) is 1. The second kappa shape index (κ2) is 5.42. The minimum absolute atomic E-state index is 0.150. The predicted molar refractivity (Wildman–Crippen MR) is 83.0 cm³/mol. The minimum atomic E-state index is -0.535. The van der Waals surface area contributed by atoms with E-state index in [9.17, 15) is 4.79 Å². The molecule has 0 amide bonds. The van der Waals surface area contributed by atoms with Crippen LogP contribution in [-0.2, 0) is 0 Å². The molecule has 0 fully saturated rings. The van der Waals surface area contributed by atoms with Crippen molar-refractivity contribution in [2.75, 3.05) is 0 Å². The molecule has 0 unspecified atom stereocenters. The van der Waals surface area contributed by atoms with Crippen molar-refractivity contribution in [1.82, 2.24) is 0 Å². The summed E-state index contributed by atoms with van der Waals surface area (Å²) in [5.41, 5.74) is 0. The Morgan fingerprint density at radius 3 is 2.55 bits per heavy atom. The number of halogens is 2. The van der Waals surface area contributed by atoms with Gasteiger partial charge in [0.05, 0.1) is 4.47 Å². The predicted octanol–water partition coefficient (Wildman–Crippen LogP) is 5.18. The summed E-state index contributed by atoms with van der Waals surface area (Å²) < 4.78 is 11.8. The standard InChI is InChI=1S/C15H8Br2O3/c16-13-8-7-12(19-13)15(18)20-11-6-5-9-3-1-2-4-10(9)14(11)17/h1-8H. The van der Waals surface area contributed by atoms with Gasteiger partial charge in [-0.1, -0.05) is 30.3 Å². The van der Waals surface area contributed by atoms with Gasteiger partial charge < -0.3 is 9.15 Å². The summed E-state index contributed by atoms with van der Waals surface area (Å²) >= 11 is 6.62. The number of furan rings is 1. The first-order valence-electron chi connectivity index (χ1n) is 5.80. The van der Waals surface area contributed by atoms with Crippen LogP contribution in [0.4, 0.5) is 0 Å². The topological polar surface area (TPSA) is 39.4 Å². The van der Waals surface area contributed by atoms with Gasteiger partial charge in [0.1, 0.15) is 5.75 Å². The van der Waals surface area contributed by atoms with Crippen LogP contribution in [0.15, 0.2) is 62.1 Å². The molecule has 3 rings (SSSR count). The van der Waals surface area contributed by atoms with Crippen molar-refractivity contribution < 1.29 is 13.9 Å². The summed E-state index contributed by atoms with van der Waals surface area (Å²) in [4.78, 5) is 12.0. The number of rotatable bonds is 2. The van der Waals surface area contributed by atoms with Crippen molar-refractivity contribution in [3.05, 3.63) is 63.4 Å². The smallest absolute Gasteiger partial charge is 0.379 e. The third kappa shape index (κ3) is 2.51. The molecule has 3 nitrogen and oxygen atoms in total. The van der Waals surface area contributed by atoms with Crippen molar-refractivity contribution in [3.8, 4) is 5.75 Å². The molecule has 2 aromatic carbocycles. The van der Waals surface area contributed by atoms with Gasteiger partial charge in [0.25, 0.3) is 0 Å². The van der Waals surface area contributed by atoms with Gasteiger partial charge in [-0.2, -0.15) is 0 Å². The van der Waals surface area contributed by atoms with Crippen LogP contribution in [0.1, 0.15) is 10.6 Å². The van der Waals surface area contributed by atoms with Gasteiger partial charge in [-0.25, -0.2) is 4.79 Å². The maximum atomic E-state index is 12.0. The van der Waals surface area contributed by atoms with Crippen LogP contribution in [0.25, 0.3) is 10.8 Å². The highest BCUT2D eigenvalue weighted by atomic mass is 79.9. The maximum Gasteiger partial charge on any atom is 0.379 e. The van der Waals surface area contributed by atoms with E-state index in [0.717, 1.165) is 15.2 Å². The van der Waals surface area contributed by atoms with Crippen LogP contribution >= 0.6 is 31.9 Å². The van der Waals surface area contributed by atoms with Crippen LogP contribution in [0.2, 0.25) is 0 Å². The van der Waals surface area contributed by atoms with E-state index in [1.165, 1.54) is 0 Å². The van der Waals surface area contributed by atoms with E-state index < -0.39 is 5.97 Å². The second-order valence-electron chi connectivity index (χ2n) is 4.09. The van der Waals surface area contributed by atoms with Crippen molar-refractivity contribution >= 4 is 48.6 Å². The summed E-state index contributed by atoms with van der Waals surface area (Å²) in [7, 11) is 0. The van der Waals surface area contributed by atoms with E-state index in [2.05, 4.69) is 31.9 Å². The number of esters is 1. The lowest BCUT2D eigenvalue weighted by Gasteiger charge is -2.07. The van der Waals surface area contributed by atoms with E-state index in [-0.39, 0.29) is 5.76 Å². The number of carbonyl (C=O) groups excluding carboxylic acids is 1. The number of carbonyl (C=O) groups is 1. The van der Waals surface area contributed by atoms with Gasteiger partial charge in [0.15, 0.2) is 4.67 Å². The molecule has 3 aromatic rings. The van der Waals surface area contributed by atoms with E-state index >= 15 is 0 Å². The largest absolute Gasteiger partial charge is 0.442 e. The van der Waals surface area contributed by atoms with Gasteiger partial charge in [0.2, 0.25) is 5.76 Å². The van der Waals surface area contributed by atoms with Crippen molar-refractivity contribution in [2.24, 2.45) is 0 Å². The molecule has 0 bridgehead atoms. The van der Waals surface area contributed by atoms with E-state index in [1.54, 1.807) is 18.2 Å². The van der Waals surface area contributed by atoms with Crippen LogP contribution in [0.5, 0.6) is 5.75 Å². The summed E-state index contributed by atoms with van der Waals surface area (Å²) in [5, 5.41) is 2.05. The molecule has 0 atom stereocenters. The number of fused-ring (bicyclic) bond motifs is 1. The molecule has 0 spiro atoms. The monoisotopic (exact) mass is 394 g/mol. The normalized spacial score (nSPS) is 10.7. The number of benzene rings is 2. The number of hydrogen-bond donors (Lipinski definition) is 0. The third-order valence-corrected chi connectivity index (χ3v) is 4.05. The molecule has 0 aliphatic rings. The SMILES string of the molecule is O=C(Oc1ccc2ccccc2c1Br)c1ccc(Br)o1. The Balaban J connectivity index is 1.95. The van der Waals surface area contributed by atoms with Gasteiger partial charge in [0, 0.05) is 0 Å². The molecule has 0 radical (unpaired) electrons. The molecular weight excluding hydrogens is 388 g/mol. The third-order valence-electron chi connectivity index (χ3n) is 2.80. The van der Waals surface area contributed by atoms with Crippen LogP contribution in [0.3, 0.4) is 0 Å². The highest BCUT2D eigenvalue weighted by Gasteiger charge is 2.15. The van der Waals surface area contributed by atoms with Gasteiger partial charge in [-0.15, -0.1) is 0 Å². The van der Waals surface area contributed by atoms with E-state index in [0.29, 0.717) is 10.4 Å². The number of hydrogen-bond acceptors (Lipinski definition) is 3. The van der Waals surface area contributed by atoms with E-state index in [1.807, 2.05) is 30.3 Å². The quantitative estimate of drug-likeness (QED) is 0.443. The van der Waals surface area contributed by atoms with Crippen molar-refractivity contribution in [3.63, 3.8) is 0 Å². The van der Waals surface area contributed by atoms with Crippen LogP contribution < -0.4 is 4.74 Å². The average molecular weight is 396 g/mol. The zero-order valence-corrected chi connectivity index (χ0v) is 13.3. The lowest BCUT2D eigenvalue weighted by molar-refractivity contribution is 0.0699. The molecule has 100 valence electrons. The molecule has 0 N–H and O–H groups in total. The lowest BCUT2D eigenvalue weighted by Crippen LogP contribution is -2.07. The molecule has 5 heteroatoms. The minimum Gasteiger partial charge on any atom is -0.442 e. The molecule has 1 heterocycles. The summed E-state index contributed by atoms with van der Waals surface area (Å²) in [6.07, 6.45) is 0. The molecule has 0 saturated heterocycles. The molecule has 0 saturated carbocycles. The maximum absolute atomic E-state index is 12.0. The Morgan fingerprint density at radius 1 is 1.00 bits per heavy atom. The highest BCUT2D eigenvalue weighted by Crippen LogP contribution is 2.33. The van der Waals surface area contributed by atoms with Crippen molar-refractivity contribution in [2.45, 2.75) is 0 Å². The Bertz CT molecular complexity index is 793. The molecule has 0 aliphatic carbocycles. The zero-order chi connectivity index (χ0) is 14.1. The van der Waals surface area contributed by atoms with Crippen molar-refractivity contribution in [1.29, 1.82) is 0 Å². The van der Waals surface area contributed by atoms with Gasteiger partial charge in [-0.3, -0.25) is 0 Å². The average Bonchev–Trinajstić information content (AvgIpc) is 2.89. The molecule has 20 heavy (non-hydrogen) atoms. The fraction of sp³-hybridized carbons (Fsp3) is 0. The highest BCUT2D eigenvalue weighted by molar-refractivity contribution is 9.11. The first-order chi connectivity index (χ1) is 9.65. The molecule has 1 aromatic heterocycles. The Labute approximate surface area is 131 Å².